The summed E-state index contributed by atoms with van der Waals surface area (Å²) in [6, 6.07) is 2.11. The lowest BCUT2D eigenvalue weighted by atomic mass is 9.95. The van der Waals surface area contributed by atoms with Crippen molar-refractivity contribution in [3.05, 3.63) is 28.7 Å². The van der Waals surface area contributed by atoms with Crippen molar-refractivity contribution in [2.24, 2.45) is 5.92 Å². The molecule has 1 N–H and O–H groups in total. The molecule has 0 aromatic carbocycles. The van der Waals surface area contributed by atoms with Gasteiger partial charge in [-0.2, -0.15) is 0 Å². The molecule has 0 aliphatic carbocycles. The molecule has 0 radical (unpaired) electrons. The average molecular weight is 384 g/mol. The minimum atomic E-state index is 0.791. The van der Waals surface area contributed by atoms with Gasteiger partial charge in [0.1, 0.15) is 5.52 Å². The topological polar surface area (TPSA) is 55.6 Å². The molecule has 0 saturated carbocycles. The second-order valence-electron chi connectivity index (χ2n) is 6.94. The molecule has 0 spiro atoms. The number of nitrogens with one attached hydrogen (secondary N) is 1. The van der Waals surface area contributed by atoms with Gasteiger partial charge < -0.3 is 9.88 Å². The van der Waals surface area contributed by atoms with Crippen LogP contribution in [-0.4, -0.2) is 32.6 Å². The van der Waals surface area contributed by atoms with Gasteiger partial charge in [0.2, 0.25) is 0 Å². The molecule has 4 aromatic rings. The third kappa shape index (κ3) is 2.74. The lowest BCUT2D eigenvalue weighted by Gasteiger charge is -2.23. The largest absolute Gasteiger partial charge is 0.321 e. The van der Waals surface area contributed by atoms with Gasteiger partial charge in [-0.15, -0.1) is 22.7 Å². The molecule has 4 aromatic heterocycles. The van der Waals surface area contributed by atoms with Crippen LogP contribution >= 0.6 is 22.7 Å². The molecule has 5 heterocycles. The van der Waals surface area contributed by atoms with Crippen molar-refractivity contribution in [2.75, 3.05) is 13.1 Å². The standard InChI is InChI=1S/C19H21N5S2/c1-12-15-16(17-14(22-12)5-10-25-17)24(9-4-13-2-6-20-7-3-13)18(23-15)19-21-8-11-26-19/h5,8,10-11,13,20H,2-4,6-7,9H2,1H3. The normalized spacial score (nSPS) is 16.0. The summed E-state index contributed by atoms with van der Waals surface area (Å²) >= 11 is 3.42. The Morgan fingerprint density at radius 1 is 1.19 bits per heavy atom. The predicted molar refractivity (Wildman–Crippen MR) is 109 cm³/mol. The summed E-state index contributed by atoms with van der Waals surface area (Å²) < 4.78 is 3.65. The molecule has 1 aliphatic heterocycles. The summed E-state index contributed by atoms with van der Waals surface area (Å²) in [5, 5.41) is 8.62. The first-order valence-corrected chi connectivity index (χ1v) is 10.9. The monoisotopic (exact) mass is 383 g/mol. The van der Waals surface area contributed by atoms with Gasteiger partial charge in [-0.05, 0) is 56.6 Å². The Hall–Kier alpha value is -1.83. The Kier molecular flexibility index (Phi) is 4.23. The molecule has 5 rings (SSSR count). The van der Waals surface area contributed by atoms with Crippen LogP contribution in [0.15, 0.2) is 23.0 Å². The number of aromatic nitrogens is 4. The number of thiophene rings is 1. The fourth-order valence-corrected chi connectivity index (χ4v) is 5.45. The number of aryl methyl sites for hydroxylation is 2. The number of hydrogen-bond acceptors (Lipinski definition) is 6. The van der Waals surface area contributed by atoms with E-state index in [2.05, 4.69) is 33.2 Å². The van der Waals surface area contributed by atoms with Crippen molar-refractivity contribution in [1.29, 1.82) is 0 Å². The average Bonchev–Trinajstić information content (AvgIpc) is 3.39. The smallest absolute Gasteiger partial charge is 0.170 e. The van der Waals surface area contributed by atoms with E-state index in [1.54, 1.807) is 22.7 Å². The van der Waals surface area contributed by atoms with E-state index < -0.39 is 0 Å². The van der Waals surface area contributed by atoms with Crippen molar-refractivity contribution in [2.45, 2.75) is 32.7 Å². The third-order valence-electron chi connectivity index (χ3n) is 5.30. The van der Waals surface area contributed by atoms with Crippen LogP contribution in [0.4, 0.5) is 0 Å². The Bertz CT molecular complexity index is 1040. The van der Waals surface area contributed by atoms with Crippen molar-refractivity contribution in [1.82, 2.24) is 24.8 Å². The quantitative estimate of drug-likeness (QED) is 0.565. The highest BCUT2D eigenvalue weighted by atomic mass is 32.1. The zero-order chi connectivity index (χ0) is 17.5. The van der Waals surface area contributed by atoms with E-state index in [9.17, 15) is 0 Å². The van der Waals surface area contributed by atoms with E-state index >= 15 is 0 Å². The highest BCUT2D eigenvalue weighted by Crippen LogP contribution is 2.35. The molecule has 7 heteroatoms. The van der Waals surface area contributed by atoms with Gasteiger partial charge in [0.15, 0.2) is 10.8 Å². The van der Waals surface area contributed by atoms with Crippen LogP contribution < -0.4 is 5.32 Å². The van der Waals surface area contributed by atoms with E-state index in [1.807, 2.05) is 11.6 Å². The Labute approximate surface area is 160 Å². The van der Waals surface area contributed by atoms with E-state index in [4.69, 9.17) is 9.97 Å². The van der Waals surface area contributed by atoms with Gasteiger partial charge in [-0.25, -0.2) is 15.0 Å². The zero-order valence-corrected chi connectivity index (χ0v) is 16.4. The van der Waals surface area contributed by atoms with Gasteiger partial charge in [0.25, 0.3) is 0 Å². The summed E-state index contributed by atoms with van der Waals surface area (Å²) in [4.78, 5) is 14.3. The van der Waals surface area contributed by atoms with Crippen LogP contribution in [0, 0.1) is 12.8 Å². The zero-order valence-electron chi connectivity index (χ0n) is 14.7. The molecule has 1 aliphatic rings. The number of nitrogens with zero attached hydrogens (tertiary/aromatic N) is 4. The first-order chi connectivity index (χ1) is 12.8. The summed E-state index contributed by atoms with van der Waals surface area (Å²) in [6.45, 7) is 5.35. The van der Waals surface area contributed by atoms with Crippen LogP contribution in [-0.2, 0) is 6.54 Å². The number of imidazole rings is 1. The van der Waals surface area contributed by atoms with Crippen molar-refractivity contribution >= 4 is 43.9 Å². The van der Waals surface area contributed by atoms with Gasteiger partial charge in [-0.1, -0.05) is 0 Å². The molecule has 26 heavy (non-hydrogen) atoms. The number of hydrogen-bond donors (Lipinski definition) is 1. The second kappa shape index (κ2) is 6.72. The second-order valence-corrected chi connectivity index (χ2v) is 8.75. The fourth-order valence-electron chi connectivity index (χ4n) is 3.93. The molecule has 5 nitrogen and oxygen atoms in total. The Balaban J connectivity index is 1.65. The lowest BCUT2D eigenvalue weighted by Crippen LogP contribution is -2.28. The number of pyridine rings is 1. The minimum absolute atomic E-state index is 0.791. The molecule has 0 atom stereocenters. The maximum absolute atomic E-state index is 4.99. The molecule has 0 unspecified atom stereocenters. The predicted octanol–water partition coefficient (Wildman–Crippen LogP) is 4.47. The highest BCUT2D eigenvalue weighted by Gasteiger charge is 2.21. The Morgan fingerprint density at radius 3 is 2.88 bits per heavy atom. The lowest BCUT2D eigenvalue weighted by molar-refractivity contribution is 0.340. The fraction of sp³-hybridized carbons (Fsp3) is 0.421. The molecule has 1 fully saturated rings. The molecular weight excluding hydrogens is 362 g/mol. The van der Waals surface area contributed by atoms with E-state index in [1.165, 1.54) is 29.5 Å². The van der Waals surface area contributed by atoms with E-state index in [0.717, 1.165) is 53.1 Å². The maximum Gasteiger partial charge on any atom is 0.170 e. The molecule has 134 valence electrons. The highest BCUT2D eigenvalue weighted by molar-refractivity contribution is 7.18. The van der Waals surface area contributed by atoms with Gasteiger partial charge in [0, 0.05) is 18.1 Å². The first-order valence-electron chi connectivity index (χ1n) is 9.16. The van der Waals surface area contributed by atoms with Crippen molar-refractivity contribution in [3.8, 4) is 10.8 Å². The van der Waals surface area contributed by atoms with Gasteiger partial charge in [-0.3, -0.25) is 0 Å². The first kappa shape index (κ1) is 16.4. The Morgan fingerprint density at radius 2 is 2.08 bits per heavy atom. The van der Waals surface area contributed by atoms with Crippen LogP contribution in [0.25, 0.3) is 32.1 Å². The number of rotatable bonds is 4. The summed E-state index contributed by atoms with van der Waals surface area (Å²) in [6.07, 6.45) is 5.60. The van der Waals surface area contributed by atoms with Crippen LogP contribution in [0.2, 0.25) is 0 Å². The minimum Gasteiger partial charge on any atom is -0.321 e. The van der Waals surface area contributed by atoms with Gasteiger partial charge in [0.05, 0.1) is 21.4 Å². The van der Waals surface area contributed by atoms with Crippen molar-refractivity contribution < 1.29 is 0 Å². The van der Waals surface area contributed by atoms with Crippen LogP contribution in [0.3, 0.4) is 0 Å². The number of thiazole rings is 1. The van der Waals surface area contributed by atoms with Crippen LogP contribution in [0.1, 0.15) is 25.0 Å². The van der Waals surface area contributed by atoms with E-state index in [0.29, 0.717) is 0 Å². The summed E-state index contributed by atoms with van der Waals surface area (Å²) in [5.74, 6) is 1.79. The molecule has 0 amide bonds. The van der Waals surface area contributed by atoms with E-state index in [-0.39, 0.29) is 0 Å². The molecule has 0 bridgehead atoms. The summed E-state index contributed by atoms with van der Waals surface area (Å²) in [5.41, 5.74) is 4.34. The third-order valence-corrected chi connectivity index (χ3v) is 6.98. The SMILES string of the molecule is Cc1nc2ccsc2c2c1nc(-c1nccs1)n2CCC1CCNCC1. The van der Waals surface area contributed by atoms with Crippen molar-refractivity contribution in [3.63, 3.8) is 0 Å². The number of piperidine rings is 1. The maximum atomic E-state index is 4.99. The van der Waals surface area contributed by atoms with Crippen LogP contribution in [0.5, 0.6) is 0 Å². The van der Waals surface area contributed by atoms with Gasteiger partial charge >= 0.3 is 0 Å². The summed E-state index contributed by atoms with van der Waals surface area (Å²) in [7, 11) is 0. The molecule has 1 saturated heterocycles. The molecular formula is C19H21N5S2. The number of fused-ring (bicyclic) bond motifs is 3.